The van der Waals surface area contributed by atoms with Crippen LogP contribution in [0.2, 0.25) is 0 Å². The number of nitrogens with one attached hydrogen (secondary N) is 1. The quantitative estimate of drug-likeness (QED) is 0.926. The number of hydrogen-bond acceptors (Lipinski definition) is 4. The fourth-order valence-electron chi connectivity index (χ4n) is 1.73. The zero-order valence-corrected chi connectivity index (χ0v) is 12.1. The van der Waals surface area contributed by atoms with Gasteiger partial charge in [-0.25, -0.2) is 4.68 Å². The van der Waals surface area contributed by atoms with Crippen LogP contribution in [0.5, 0.6) is 0 Å². The summed E-state index contributed by atoms with van der Waals surface area (Å²) in [4.78, 5) is 0. The number of nitriles is 1. The van der Waals surface area contributed by atoms with Crippen LogP contribution in [0.15, 0.2) is 30.5 Å². The van der Waals surface area contributed by atoms with E-state index < -0.39 is 0 Å². The van der Waals surface area contributed by atoms with Crippen molar-refractivity contribution in [2.24, 2.45) is 0 Å². The van der Waals surface area contributed by atoms with Crippen LogP contribution in [0.4, 0.5) is 5.69 Å². The Hall–Kier alpha value is -2.35. The molecular weight excluding hydrogens is 250 g/mol. The first-order chi connectivity index (χ1) is 9.49. The molecule has 0 saturated heterocycles. The fraction of sp³-hybridized carbons (Fsp3) is 0.400. The molecule has 1 heterocycles. The lowest BCUT2D eigenvalue weighted by molar-refractivity contribution is 0.347. The van der Waals surface area contributed by atoms with Crippen molar-refractivity contribution in [3.63, 3.8) is 0 Å². The topological polar surface area (TPSA) is 66.5 Å². The molecule has 2 rings (SSSR count). The number of benzene rings is 1. The normalized spacial score (nSPS) is 11.1. The molecule has 2 aromatic rings. The summed E-state index contributed by atoms with van der Waals surface area (Å²) in [5.41, 5.74) is 2.89. The van der Waals surface area contributed by atoms with Gasteiger partial charge in [0.1, 0.15) is 5.69 Å². The molecule has 0 spiro atoms. The van der Waals surface area contributed by atoms with Crippen LogP contribution >= 0.6 is 0 Å². The van der Waals surface area contributed by atoms with Crippen LogP contribution in [-0.2, 0) is 18.5 Å². The highest BCUT2D eigenvalue weighted by molar-refractivity contribution is 5.45. The molecule has 0 fully saturated rings. The molecule has 0 bridgehead atoms. The molecule has 0 unspecified atom stereocenters. The summed E-state index contributed by atoms with van der Waals surface area (Å²) < 4.78 is 1.86. The van der Waals surface area contributed by atoms with E-state index in [4.69, 9.17) is 5.26 Å². The Balaban J connectivity index is 1.95. The van der Waals surface area contributed by atoms with Gasteiger partial charge in [0.2, 0.25) is 0 Å². The molecule has 1 aromatic carbocycles. The molecule has 20 heavy (non-hydrogen) atoms. The van der Waals surface area contributed by atoms with Crippen molar-refractivity contribution in [2.75, 3.05) is 5.32 Å². The van der Waals surface area contributed by atoms with E-state index in [-0.39, 0.29) is 5.54 Å². The molecule has 1 N–H and O–H groups in total. The van der Waals surface area contributed by atoms with Crippen LogP contribution in [0.1, 0.15) is 32.0 Å². The van der Waals surface area contributed by atoms with Gasteiger partial charge in [0.05, 0.1) is 30.8 Å². The van der Waals surface area contributed by atoms with Crippen molar-refractivity contribution in [3.8, 4) is 6.07 Å². The van der Waals surface area contributed by atoms with Crippen molar-refractivity contribution in [2.45, 2.75) is 39.3 Å². The molecule has 0 atom stereocenters. The van der Waals surface area contributed by atoms with Gasteiger partial charge in [0.15, 0.2) is 0 Å². The largest absolute Gasteiger partial charge is 0.379 e. The van der Waals surface area contributed by atoms with Crippen molar-refractivity contribution < 1.29 is 0 Å². The minimum absolute atomic E-state index is 0.0514. The van der Waals surface area contributed by atoms with E-state index in [0.717, 1.165) is 16.9 Å². The standard InChI is InChI=1S/C15H19N5/c1-15(2,3)20-11-14(18-19-20)10-17-13-6-4-12(5-7-13)8-9-16/h4-7,11,17H,8,10H2,1-3H3. The van der Waals surface area contributed by atoms with Gasteiger partial charge >= 0.3 is 0 Å². The van der Waals surface area contributed by atoms with Gasteiger partial charge in [0.25, 0.3) is 0 Å². The number of anilines is 1. The molecule has 0 aliphatic rings. The lowest BCUT2D eigenvalue weighted by atomic mass is 10.1. The maximum absolute atomic E-state index is 8.63. The van der Waals surface area contributed by atoms with E-state index in [1.165, 1.54) is 0 Å². The van der Waals surface area contributed by atoms with E-state index in [1.807, 2.05) is 35.1 Å². The van der Waals surface area contributed by atoms with Crippen molar-refractivity contribution in [1.29, 1.82) is 5.26 Å². The SMILES string of the molecule is CC(C)(C)n1cc(CNc2ccc(CC#N)cc2)nn1. The van der Waals surface area contributed by atoms with Crippen molar-refractivity contribution >= 4 is 5.69 Å². The summed E-state index contributed by atoms with van der Waals surface area (Å²) >= 11 is 0. The monoisotopic (exact) mass is 269 g/mol. The van der Waals surface area contributed by atoms with Crippen LogP contribution in [0.25, 0.3) is 0 Å². The summed E-state index contributed by atoms with van der Waals surface area (Å²) in [7, 11) is 0. The van der Waals surface area contributed by atoms with E-state index in [0.29, 0.717) is 13.0 Å². The van der Waals surface area contributed by atoms with Crippen LogP contribution in [-0.4, -0.2) is 15.0 Å². The maximum Gasteiger partial charge on any atom is 0.102 e. The van der Waals surface area contributed by atoms with E-state index in [1.54, 1.807) is 0 Å². The van der Waals surface area contributed by atoms with Gasteiger partial charge < -0.3 is 5.32 Å². The highest BCUT2D eigenvalue weighted by Gasteiger charge is 2.14. The van der Waals surface area contributed by atoms with Crippen molar-refractivity contribution in [3.05, 3.63) is 41.7 Å². The molecule has 5 heteroatoms. The minimum Gasteiger partial charge on any atom is -0.379 e. The second-order valence-corrected chi connectivity index (χ2v) is 5.71. The van der Waals surface area contributed by atoms with Crippen molar-refractivity contribution in [1.82, 2.24) is 15.0 Å². The second-order valence-electron chi connectivity index (χ2n) is 5.71. The third-order valence-electron chi connectivity index (χ3n) is 2.94. The first-order valence-corrected chi connectivity index (χ1v) is 6.60. The second kappa shape index (κ2) is 5.74. The number of nitrogens with zero attached hydrogens (tertiary/aromatic N) is 4. The Morgan fingerprint density at radius 2 is 1.95 bits per heavy atom. The molecule has 0 saturated carbocycles. The van der Waals surface area contributed by atoms with Crippen LogP contribution in [0.3, 0.4) is 0 Å². The van der Waals surface area contributed by atoms with Gasteiger partial charge in [-0.1, -0.05) is 17.3 Å². The van der Waals surface area contributed by atoms with Gasteiger partial charge in [-0.15, -0.1) is 5.10 Å². The third kappa shape index (κ3) is 3.58. The molecular formula is C15H19N5. The lowest BCUT2D eigenvalue weighted by Gasteiger charge is -2.17. The lowest BCUT2D eigenvalue weighted by Crippen LogP contribution is -2.22. The van der Waals surface area contributed by atoms with Gasteiger partial charge in [-0.05, 0) is 38.5 Å². The molecule has 0 radical (unpaired) electrons. The minimum atomic E-state index is -0.0514. The Morgan fingerprint density at radius 3 is 2.50 bits per heavy atom. The molecule has 0 amide bonds. The van der Waals surface area contributed by atoms with E-state index in [2.05, 4.69) is 42.5 Å². The Labute approximate surface area is 119 Å². The average Bonchev–Trinajstić information content (AvgIpc) is 2.87. The highest BCUT2D eigenvalue weighted by Crippen LogP contribution is 2.14. The van der Waals surface area contributed by atoms with E-state index >= 15 is 0 Å². The van der Waals surface area contributed by atoms with Gasteiger partial charge in [-0.3, -0.25) is 0 Å². The fourth-order valence-corrected chi connectivity index (χ4v) is 1.73. The summed E-state index contributed by atoms with van der Waals surface area (Å²) in [6.07, 6.45) is 2.40. The van der Waals surface area contributed by atoms with Crippen LogP contribution in [0, 0.1) is 11.3 Å². The molecule has 0 aliphatic carbocycles. The zero-order chi connectivity index (χ0) is 14.6. The summed E-state index contributed by atoms with van der Waals surface area (Å²) in [6.45, 7) is 6.90. The number of aromatic nitrogens is 3. The summed E-state index contributed by atoms with van der Waals surface area (Å²) in [5, 5.41) is 20.2. The number of hydrogen-bond donors (Lipinski definition) is 1. The molecule has 0 aliphatic heterocycles. The first-order valence-electron chi connectivity index (χ1n) is 6.60. The predicted octanol–water partition coefficient (Wildman–Crippen LogP) is 2.71. The average molecular weight is 269 g/mol. The number of rotatable bonds is 4. The Bertz CT molecular complexity index is 598. The Morgan fingerprint density at radius 1 is 1.25 bits per heavy atom. The maximum atomic E-state index is 8.63. The summed E-state index contributed by atoms with van der Waals surface area (Å²) in [6, 6.07) is 9.99. The summed E-state index contributed by atoms with van der Waals surface area (Å²) in [5.74, 6) is 0. The smallest absolute Gasteiger partial charge is 0.102 e. The molecule has 1 aromatic heterocycles. The molecule has 104 valence electrons. The van der Waals surface area contributed by atoms with Gasteiger partial charge in [-0.2, -0.15) is 5.26 Å². The molecule has 5 nitrogen and oxygen atoms in total. The third-order valence-corrected chi connectivity index (χ3v) is 2.94. The van der Waals surface area contributed by atoms with Crippen LogP contribution < -0.4 is 5.32 Å². The predicted molar refractivity (Wildman–Crippen MR) is 78.1 cm³/mol. The highest BCUT2D eigenvalue weighted by atomic mass is 15.4. The first kappa shape index (κ1) is 14.1. The zero-order valence-electron chi connectivity index (χ0n) is 12.1. The van der Waals surface area contributed by atoms with Gasteiger partial charge in [0, 0.05) is 5.69 Å². The Kier molecular flexibility index (Phi) is 4.04. The van der Waals surface area contributed by atoms with E-state index in [9.17, 15) is 0 Å².